The van der Waals surface area contributed by atoms with Gasteiger partial charge in [0.15, 0.2) is 0 Å². The van der Waals surface area contributed by atoms with Crippen molar-refractivity contribution in [3.63, 3.8) is 0 Å². The molecule has 1 N–H and O–H groups in total. The molecule has 1 aliphatic rings. The van der Waals surface area contributed by atoms with Crippen LogP contribution in [0, 0.1) is 5.92 Å². The fourth-order valence-corrected chi connectivity index (χ4v) is 2.82. The molecule has 114 valence electrons. The van der Waals surface area contributed by atoms with Gasteiger partial charge in [0.1, 0.15) is 0 Å². The van der Waals surface area contributed by atoms with Crippen LogP contribution in [0.3, 0.4) is 0 Å². The van der Waals surface area contributed by atoms with Gasteiger partial charge in [-0.1, -0.05) is 32.8 Å². The minimum absolute atomic E-state index is 0.0501. The van der Waals surface area contributed by atoms with E-state index in [1.165, 1.54) is 0 Å². The highest BCUT2D eigenvalue weighted by molar-refractivity contribution is 5.88. The summed E-state index contributed by atoms with van der Waals surface area (Å²) in [5, 5.41) is 9.07. The Bertz CT molecular complexity index is 539. The highest BCUT2D eigenvalue weighted by Gasteiger charge is 2.24. The number of benzene rings is 1. The molecule has 1 aromatic carbocycles. The molecule has 0 bridgehead atoms. The zero-order valence-corrected chi connectivity index (χ0v) is 12.8. The summed E-state index contributed by atoms with van der Waals surface area (Å²) in [5.74, 6) is -0.679. The normalized spacial score (nSPS) is 15.4. The van der Waals surface area contributed by atoms with Gasteiger partial charge in [-0.05, 0) is 36.1 Å². The van der Waals surface area contributed by atoms with Crippen molar-refractivity contribution >= 4 is 11.9 Å². The lowest BCUT2D eigenvalue weighted by Gasteiger charge is -2.31. The first-order valence-corrected chi connectivity index (χ1v) is 7.66. The van der Waals surface area contributed by atoms with E-state index in [1.54, 1.807) is 12.1 Å². The van der Waals surface area contributed by atoms with Gasteiger partial charge in [0.05, 0.1) is 5.56 Å². The van der Waals surface area contributed by atoms with Crippen molar-refractivity contribution in [3.8, 4) is 0 Å². The third-order valence-corrected chi connectivity index (χ3v) is 4.19. The van der Waals surface area contributed by atoms with E-state index in [9.17, 15) is 9.59 Å². The molecule has 1 atom stereocenters. The monoisotopic (exact) mass is 289 g/mol. The fraction of sp³-hybridized carbons (Fsp3) is 0.529. The molecule has 1 aliphatic heterocycles. The Hall–Kier alpha value is -1.84. The molecule has 1 unspecified atom stereocenters. The Kier molecular flexibility index (Phi) is 4.99. The van der Waals surface area contributed by atoms with Crippen LogP contribution in [0.5, 0.6) is 0 Å². The van der Waals surface area contributed by atoms with E-state index in [1.807, 2.05) is 17.9 Å². The van der Waals surface area contributed by atoms with E-state index >= 15 is 0 Å². The van der Waals surface area contributed by atoms with E-state index < -0.39 is 5.97 Å². The molecule has 21 heavy (non-hydrogen) atoms. The van der Waals surface area contributed by atoms with Crippen LogP contribution in [0.15, 0.2) is 18.2 Å². The average molecular weight is 289 g/mol. The Balaban J connectivity index is 2.09. The van der Waals surface area contributed by atoms with E-state index in [-0.39, 0.29) is 11.8 Å². The largest absolute Gasteiger partial charge is 0.478 e. The summed E-state index contributed by atoms with van der Waals surface area (Å²) < 4.78 is 0. The van der Waals surface area contributed by atoms with Crippen molar-refractivity contribution in [1.29, 1.82) is 0 Å². The van der Waals surface area contributed by atoms with Crippen molar-refractivity contribution in [1.82, 2.24) is 4.90 Å². The van der Waals surface area contributed by atoms with Crippen molar-refractivity contribution < 1.29 is 14.7 Å². The van der Waals surface area contributed by atoms with E-state index in [2.05, 4.69) is 6.92 Å². The lowest BCUT2D eigenvalue weighted by molar-refractivity contribution is -0.136. The lowest BCUT2D eigenvalue weighted by atomic mass is 9.95. The van der Waals surface area contributed by atoms with Crippen LogP contribution in [0.25, 0.3) is 0 Å². The molecule has 1 amide bonds. The van der Waals surface area contributed by atoms with E-state index in [0.29, 0.717) is 12.1 Å². The molecule has 0 saturated heterocycles. The summed E-state index contributed by atoms with van der Waals surface area (Å²) in [7, 11) is 0. The Morgan fingerprint density at radius 3 is 2.76 bits per heavy atom. The Morgan fingerprint density at radius 2 is 2.10 bits per heavy atom. The molecule has 0 fully saturated rings. The number of amides is 1. The molecule has 0 aromatic heterocycles. The number of carboxylic acid groups (broad SMARTS) is 1. The van der Waals surface area contributed by atoms with Crippen molar-refractivity contribution in [2.45, 2.75) is 46.1 Å². The second-order valence-corrected chi connectivity index (χ2v) is 5.84. The van der Waals surface area contributed by atoms with Gasteiger partial charge in [-0.25, -0.2) is 4.79 Å². The van der Waals surface area contributed by atoms with Crippen LogP contribution in [0.4, 0.5) is 0 Å². The van der Waals surface area contributed by atoms with Gasteiger partial charge in [-0.3, -0.25) is 4.79 Å². The van der Waals surface area contributed by atoms with Gasteiger partial charge in [-0.2, -0.15) is 0 Å². The maximum absolute atomic E-state index is 12.4. The molecule has 1 heterocycles. The van der Waals surface area contributed by atoms with Crippen LogP contribution in [0.2, 0.25) is 0 Å². The fourth-order valence-electron chi connectivity index (χ4n) is 2.82. The maximum Gasteiger partial charge on any atom is 0.335 e. The quantitative estimate of drug-likeness (QED) is 0.906. The summed E-state index contributed by atoms with van der Waals surface area (Å²) in [4.78, 5) is 25.4. The first kappa shape index (κ1) is 15.5. The van der Waals surface area contributed by atoms with Gasteiger partial charge >= 0.3 is 5.97 Å². The third kappa shape index (κ3) is 3.63. The molecule has 0 saturated carbocycles. The SMILES string of the molecule is CCCCC(C)C(=O)N1CCc2ccc(C(=O)O)cc2C1. The molecule has 0 spiro atoms. The first-order valence-electron chi connectivity index (χ1n) is 7.66. The lowest BCUT2D eigenvalue weighted by Crippen LogP contribution is -2.39. The summed E-state index contributed by atoms with van der Waals surface area (Å²) in [6, 6.07) is 5.22. The van der Waals surface area contributed by atoms with E-state index in [4.69, 9.17) is 5.11 Å². The summed E-state index contributed by atoms with van der Waals surface area (Å²) >= 11 is 0. The Morgan fingerprint density at radius 1 is 1.33 bits per heavy atom. The van der Waals surface area contributed by atoms with Gasteiger partial charge in [-0.15, -0.1) is 0 Å². The van der Waals surface area contributed by atoms with E-state index in [0.717, 1.165) is 43.4 Å². The minimum Gasteiger partial charge on any atom is -0.478 e. The third-order valence-electron chi connectivity index (χ3n) is 4.19. The molecular weight excluding hydrogens is 266 g/mol. The minimum atomic E-state index is -0.919. The zero-order valence-electron chi connectivity index (χ0n) is 12.8. The molecule has 0 radical (unpaired) electrons. The number of nitrogens with zero attached hydrogens (tertiary/aromatic N) is 1. The number of rotatable bonds is 5. The highest BCUT2D eigenvalue weighted by atomic mass is 16.4. The predicted molar refractivity (Wildman–Crippen MR) is 81.2 cm³/mol. The van der Waals surface area contributed by atoms with Crippen LogP contribution in [-0.2, 0) is 17.8 Å². The van der Waals surface area contributed by atoms with Gasteiger partial charge in [0.2, 0.25) is 5.91 Å². The molecule has 4 nitrogen and oxygen atoms in total. The van der Waals surface area contributed by atoms with Gasteiger partial charge < -0.3 is 10.0 Å². The molecular formula is C17H23NO3. The number of carbonyl (C=O) groups excluding carboxylic acids is 1. The van der Waals surface area contributed by atoms with Crippen LogP contribution in [-0.4, -0.2) is 28.4 Å². The molecule has 0 aliphatic carbocycles. The van der Waals surface area contributed by atoms with Crippen molar-refractivity contribution in [2.24, 2.45) is 5.92 Å². The summed E-state index contributed by atoms with van der Waals surface area (Å²) in [5.41, 5.74) is 2.42. The molecule has 4 heteroatoms. The summed E-state index contributed by atoms with van der Waals surface area (Å²) in [6.45, 7) is 5.38. The number of hydrogen-bond donors (Lipinski definition) is 1. The maximum atomic E-state index is 12.4. The summed E-state index contributed by atoms with van der Waals surface area (Å²) in [6.07, 6.45) is 3.90. The molecule has 1 aromatic rings. The second-order valence-electron chi connectivity index (χ2n) is 5.84. The van der Waals surface area contributed by atoms with Gasteiger partial charge in [0.25, 0.3) is 0 Å². The number of carbonyl (C=O) groups is 2. The number of aromatic carboxylic acids is 1. The highest BCUT2D eigenvalue weighted by Crippen LogP contribution is 2.23. The smallest absolute Gasteiger partial charge is 0.335 e. The van der Waals surface area contributed by atoms with Crippen molar-refractivity contribution in [3.05, 3.63) is 34.9 Å². The zero-order chi connectivity index (χ0) is 15.4. The predicted octanol–water partition coefficient (Wildman–Crippen LogP) is 3.10. The number of fused-ring (bicyclic) bond motifs is 1. The molecule has 2 rings (SSSR count). The average Bonchev–Trinajstić information content (AvgIpc) is 2.50. The topological polar surface area (TPSA) is 57.6 Å². The van der Waals surface area contributed by atoms with Crippen LogP contribution in [0.1, 0.15) is 54.6 Å². The number of unbranched alkanes of at least 4 members (excludes halogenated alkanes) is 1. The first-order chi connectivity index (χ1) is 10.0. The second kappa shape index (κ2) is 6.74. The van der Waals surface area contributed by atoms with Gasteiger partial charge in [0, 0.05) is 19.0 Å². The van der Waals surface area contributed by atoms with Crippen LogP contribution < -0.4 is 0 Å². The van der Waals surface area contributed by atoms with Crippen molar-refractivity contribution in [2.75, 3.05) is 6.54 Å². The number of hydrogen-bond acceptors (Lipinski definition) is 2. The standard InChI is InChI=1S/C17H23NO3/c1-3-4-5-12(2)16(19)18-9-8-13-6-7-14(17(20)21)10-15(13)11-18/h6-7,10,12H,3-5,8-9,11H2,1-2H3,(H,20,21). The number of carboxylic acids is 1. The Labute approximate surface area is 125 Å². The van der Waals surface area contributed by atoms with Crippen LogP contribution >= 0.6 is 0 Å².